The number of hydrogen-bond donors (Lipinski definition) is 0. The zero-order valence-electron chi connectivity index (χ0n) is 12.7. The lowest BCUT2D eigenvalue weighted by molar-refractivity contribution is -0.384. The van der Waals surface area contributed by atoms with Gasteiger partial charge in [0.1, 0.15) is 17.2 Å². The maximum absolute atomic E-state index is 12.2. The second kappa shape index (κ2) is 6.67. The number of nitro benzene ring substituents is 1. The average molecular weight is 343 g/mol. The van der Waals surface area contributed by atoms with Gasteiger partial charge in [0.05, 0.1) is 12.0 Å². The third-order valence-corrected chi connectivity index (χ3v) is 4.56. The van der Waals surface area contributed by atoms with Crippen LogP contribution >= 0.6 is 11.3 Å². The lowest BCUT2D eigenvalue weighted by atomic mass is 10.2. The zero-order chi connectivity index (χ0) is 17.1. The Balaban J connectivity index is 1.77. The molecule has 0 unspecified atom stereocenters. The molecule has 122 valence electrons. The van der Waals surface area contributed by atoms with Crippen LogP contribution in [0.5, 0.6) is 5.75 Å². The van der Waals surface area contributed by atoms with Crippen molar-refractivity contribution >= 4 is 33.1 Å². The summed E-state index contributed by atoms with van der Waals surface area (Å²) in [7, 11) is 1.56. The van der Waals surface area contributed by atoms with E-state index < -0.39 is 10.9 Å². The molecule has 6 nitrogen and oxygen atoms in total. The van der Waals surface area contributed by atoms with E-state index in [1.165, 1.54) is 23.5 Å². The van der Waals surface area contributed by atoms with Gasteiger partial charge in [-0.05, 0) is 18.2 Å². The van der Waals surface area contributed by atoms with Gasteiger partial charge in [-0.3, -0.25) is 10.1 Å². The number of rotatable bonds is 5. The number of hydrogen-bond acceptors (Lipinski definition) is 6. The molecule has 0 aliphatic heterocycles. The normalized spacial score (nSPS) is 10.5. The smallest absolute Gasteiger partial charge is 0.348 e. The fourth-order valence-corrected chi connectivity index (χ4v) is 3.22. The molecule has 0 fully saturated rings. The van der Waals surface area contributed by atoms with Crippen molar-refractivity contribution in [3.05, 3.63) is 69.1 Å². The first-order chi connectivity index (χ1) is 11.6. The minimum atomic E-state index is -0.468. The molecule has 0 saturated carbocycles. The molecule has 24 heavy (non-hydrogen) atoms. The molecule has 1 aromatic heterocycles. The van der Waals surface area contributed by atoms with E-state index in [1.54, 1.807) is 25.3 Å². The number of para-hydroxylation sites is 1. The Morgan fingerprint density at radius 3 is 2.75 bits per heavy atom. The Morgan fingerprint density at radius 1 is 1.21 bits per heavy atom. The number of thiophene rings is 1. The first kappa shape index (κ1) is 15.9. The number of non-ortho nitro benzene ring substituents is 1. The maximum atomic E-state index is 12.2. The molecule has 0 saturated heterocycles. The fraction of sp³-hybridized carbons (Fsp3) is 0.118. The molecule has 0 bridgehead atoms. The first-order valence-corrected chi connectivity index (χ1v) is 7.87. The fourth-order valence-electron chi connectivity index (χ4n) is 2.28. The summed E-state index contributed by atoms with van der Waals surface area (Å²) in [6.07, 6.45) is 0. The number of benzene rings is 2. The molecule has 0 aliphatic carbocycles. The Morgan fingerprint density at radius 2 is 2.00 bits per heavy atom. The van der Waals surface area contributed by atoms with E-state index in [0.717, 1.165) is 10.3 Å². The Bertz CT molecular complexity index is 918. The van der Waals surface area contributed by atoms with Crippen molar-refractivity contribution in [1.29, 1.82) is 0 Å². The average Bonchev–Trinajstić information content (AvgIpc) is 3.03. The third-order valence-electron chi connectivity index (χ3n) is 3.46. The van der Waals surface area contributed by atoms with E-state index in [1.807, 2.05) is 18.2 Å². The molecular formula is C17H13NO5S. The van der Waals surface area contributed by atoms with Crippen LogP contribution in [0.4, 0.5) is 5.69 Å². The number of nitrogens with zero attached hydrogens (tertiary/aromatic N) is 1. The highest BCUT2D eigenvalue weighted by atomic mass is 32.1. The molecule has 0 spiro atoms. The molecule has 0 atom stereocenters. The highest BCUT2D eigenvalue weighted by Gasteiger charge is 2.15. The predicted molar refractivity (Wildman–Crippen MR) is 90.6 cm³/mol. The molecule has 2 aromatic carbocycles. The van der Waals surface area contributed by atoms with Crippen LogP contribution < -0.4 is 4.74 Å². The van der Waals surface area contributed by atoms with E-state index in [-0.39, 0.29) is 12.3 Å². The number of nitro groups is 1. The highest BCUT2D eigenvalue weighted by Crippen LogP contribution is 2.29. The predicted octanol–water partition coefficient (Wildman–Crippen LogP) is 4.18. The molecule has 0 amide bonds. The second-order valence-electron chi connectivity index (χ2n) is 4.98. The number of carbonyl (C=O) groups is 1. The van der Waals surface area contributed by atoms with Gasteiger partial charge >= 0.3 is 5.97 Å². The summed E-state index contributed by atoms with van der Waals surface area (Å²) in [5.41, 5.74) is 0.763. The summed E-state index contributed by atoms with van der Waals surface area (Å²) in [6, 6.07) is 13.4. The van der Waals surface area contributed by atoms with Gasteiger partial charge in [-0.1, -0.05) is 18.2 Å². The van der Waals surface area contributed by atoms with Crippen LogP contribution in [0.25, 0.3) is 10.1 Å². The monoisotopic (exact) mass is 343 g/mol. The van der Waals surface area contributed by atoms with Gasteiger partial charge in [-0.2, -0.15) is 0 Å². The summed E-state index contributed by atoms with van der Waals surface area (Å²) < 4.78 is 11.3. The maximum Gasteiger partial charge on any atom is 0.348 e. The Hall–Kier alpha value is -2.93. The van der Waals surface area contributed by atoms with Crippen LogP contribution in [0.15, 0.2) is 48.5 Å². The largest absolute Gasteiger partial charge is 0.496 e. The Kier molecular flexibility index (Phi) is 4.43. The van der Waals surface area contributed by atoms with Gasteiger partial charge in [0.15, 0.2) is 0 Å². The zero-order valence-corrected chi connectivity index (χ0v) is 13.5. The van der Waals surface area contributed by atoms with Gasteiger partial charge in [0.2, 0.25) is 0 Å². The molecule has 0 radical (unpaired) electrons. The lowest BCUT2D eigenvalue weighted by Gasteiger charge is -2.08. The molecular weight excluding hydrogens is 330 g/mol. The number of ether oxygens (including phenoxy) is 2. The summed E-state index contributed by atoms with van der Waals surface area (Å²) in [5.74, 6) is 0.182. The first-order valence-electron chi connectivity index (χ1n) is 7.05. The van der Waals surface area contributed by atoms with E-state index in [2.05, 4.69) is 0 Å². The van der Waals surface area contributed by atoms with Gasteiger partial charge in [-0.25, -0.2) is 4.79 Å². The van der Waals surface area contributed by atoms with Crippen molar-refractivity contribution in [2.75, 3.05) is 7.11 Å². The third kappa shape index (κ3) is 3.21. The van der Waals surface area contributed by atoms with Crippen LogP contribution in [0, 0.1) is 10.1 Å². The van der Waals surface area contributed by atoms with Crippen molar-refractivity contribution < 1.29 is 19.2 Å². The van der Waals surface area contributed by atoms with Crippen LogP contribution in [0.3, 0.4) is 0 Å². The summed E-state index contributed by atoms with van der Waals surface area (Å²) >= 11 is 1.24. The summed E-state index contributed by atoms with van der Waals surface area (Å²) in [4.78, 5) is 23.0. The van der Waals surface area contributed by atoms with Gasteiger partial charge in [-0.15, -0.1) is 11.3 Å². The van der Waals surface area contributed by atoms with Crippen molar-refractivity contribution in [2.24, 2.45) is 0 Å². The van der Waals surface area contributed by atoms with Gasteiger partial charge in [0.25, 0.3) is 5.69 Å². The van der Waals surface area contributed by atoms with Crippen LogP contribution in [-0.4, -0.2) is 18.0 Å². The lowest BCUT2D eigenvalue weighted by Crippen LogP contribution is -2.04. The van der Waals surface area contributed by atoms with E-state index in [9.17, 15) is 14.9 Å². The van der Waals surface area contributed by atoms with Gasteiger partial charge < -0.3 is 9.47 Å². The number of methoxy groups -OCH3 is 1. The molecule has 3 aromatic rings. The molecule has 1 heterocycles. The van der Waals surface area contributed by atoms with E-state index in [0.29, 0.717) is 16.0 Å². The van der Waals surface area contributed by atoms with Crippen molar-refractivity contribution in [1.82, 2.24) is 0 Å². The molecule has 0 aliphatic rings. The van der Waals surface area contributed by atoms with Crippen LogP contribution in [0.2, 0.25) is 0 Å². The number of esters is 1. The van der Waals surface area contributed by atoms with E-state index >= 15 is 0 Å². The van der Waals surface area contributed by atoms with Gasteiger partial charge in [0, 0.05) is 27.8 Å². The molecule has 0 N–H and O–H groups in total. The van der Waals surface area contributed by atoms with Crippen LogP contribution in [-0.2, 0) is 11.3 Å². The minimum Gasteiger partial charge on any atom is -0.496 e. The Labute approximate surface area is 141 Å². The minimum absolute atomic E-state index is 0.00533. The van der Waals surface area contributed by atoms with Crippen molar-refractivity contribution in [3.63, 3.8) is 0 Å². The standard InChI is InChI=1S/C17H13NO5S/c1-22-14-5-3-2-4-11(14)10-23-17(19)16-9-12-8-13(18(20)21)6-7-15(12)24-16/h2-9H,10H2,1H3. The molecule has 3 rings (SSSR count). The highest BCUT2D eigenvalue weighted by molar-refractivity contribution is 7.20. The van der Waals surface area contributed by atoms with Crippen molar-refractivity contribution in [3.8, 4) is 5.75 Å². The van der Waals surface area contributed by atoms with Crippen molar-refractivity contribution in [2.45, 2.75) is 6.61 Å². The SMILES string of the molecule is COc1ccccc1COC(=O)c1cc2cc([N+](=O)[O-])ccc2s1. The van der Waals surface area contributed by atoms with Crippen LogP contribution in [0.1, 0.15) is 15.2 Å². The number of carbonyl (C=O) groups excluding carboxylic acids is 1. The second-order valence-corrected chi connectivity index (χ2v) is 6.06. The van der Waals surface area contributed by atoms with E-state index in [4.69, 9.17) is 9.47 Å². The number of fused-ring (bicyclic) bond motifs is 1. The topological polar surface area (TPSA) is 78.7 Å². The quantitative estimate of drug-likeness (QED) is 0.394. The summed E-state index contributed by atoms with van der Waals surface area (Å²) in [5, 5.41) is 11.5. The molecule has 7 heteroatoms. The summed E-state index contributed by atoms with van der Waals surface area (Å²) in [6.45, 7) is 0.0945.